The van der Waals surface area contributed by atoms with E-state index >= 15 is 0 Å². The third-order valence-corrected chi connectivity index (χ3v) is 6.22. The first-order valence-electron chi connectivity index (χ1n) is 9.02. The van der Waals surface area contributed by atoms with E-state index in [1.807, 2.05) is 0 Å². The molecule has 10 heteroatoms. The van der Waals surface area contributed by atoms with Gasteiger partial charge in [-0.2, -0.15) is 0 Å². The topological polar surface area (TPSA) is 108 Å². The van der Waals surface area contributed by atoms with E-state index in [-0.39, 0.29) is 11.8 Å². The van der Waals surface area contributed by atoms with Crippen molar-refractivity contribution in [2.45, 2.75) is 12.8 Å². The van der Waals surface area contributed by atoms with Gasteiger partial charge in [0.05, 0.1) is 22.5 Å². The van der Waals surface area contributed by atoms with Gasteiger partial charge in [-0.25, -0.2) is 17.7 Å². The molecule has 0 atom stereocenters. The lowest BCUT2D eigenvalue weighted by Crippen LogP contribution is -2.41. The van der Waals surface area contributed by atoms with Gasteiger partial charge in [0, 0.05) is 25.2 Å². The molecular formula is C19H21ClN4O4S. The molecule has 0 radical (unpaired) electrons. The molecule has 2 amide bonds. The molecule has 0 aliphatic carbocycles. The Bertz CT molecular complexity index is 1000. The van der Waals surface area contributed by atoms with Crippen LogP contribution in [0.5, 0.6) is 0 Å². The summed E-state index contributed by atoms with van der Waals surface area (Å²) in [6, 6.07) is 9.86. The number of nitrogens with zero attached hydrogens (tertiary/aromatic N) is 2. The monoisotopic (exact) mass is 436 g/mol. The fourth-order valence-electron chi connectivity index (χ4n) is 3.11. The van der Waals surface area contributed by atoms with Gasteiger partial charge in [0.15, 0.2) is 0 Å². The quantitative estimate of drug-likeness (QED) is 0.748. The SMILES string of the molecule is CS(=O)(=O)N1CCC(C(=O)Nc2ccccc2C(=O)Nc2ccc(Cl)cn2)CC1. The molecule has 1 aliphatic heterocycles. The van der Waals surface area contributed by atoms with Crippen LogP contribution in [-0.2, 0) is 14.8 Å². The van der Waals surface area contributed by atoms with Crippen LogP contribution >= 0.6 is 11.6 Å². The highest BCUT2D eigenvalue weighted by molar-refractivity contribution is 7.88. The van der Waals surface area contributed by atoms with Crippen molar-refractivity contribution >= 4 is 44.9 Å². The zero-order valence-electron chi connectivity index (χ0n) is 15.8. The minimum atomic E-state index is -3.25. The van der Waals surface area contributed by atoms with Crippen molar-refractivity contribution in [1.29, 1.82) is 0 Å². The summed E-state index contributed by atoms with van der Waals surface area (Å²) < 4.78 is 24.6. The zero-order chi connectivity index (χ0) is 21.0. The molecule has 8 nitrogen and oxygen atoms in total. The number of hydrogen-bond acceptors (Lipinski definition) is 5. The third-order valence-electron chi connectivity index (χ3n) is 4.69. The van der Waals surface area contributed by atoms with Gasteiger partial charge in [0.25, 0.3) is 5.91 Å². The van der Waals surface area contributed by atoms with Gasteiger partial charge in [-0.3, -0.25) is 9.59 Å². The molecule has 0 spiro atoms. The number of hydrogen-bond donors (Lipinski definition) is 2. The van der Waals surface area contributed by atoms with Crippen LogP contribution < -0.4 is 10.6 Å². The van der Waals surface area contributed by atoms with E-state index in [0.29, 0.717) is 48.0 Å². The van der Waals surface area contributed by atoms with E-state index in [1.54, 1.807) is 36.4 Å². The van der Waals surface area contributed by atoms with Crippen molar-refractivity contribution in [3.8, 4) is 0 Å². The predicted molar refractivity (Wildman–Crippen MR) is 111 cm³/mol. The first kappa shape index (κ1) is 21.2. The van der Waals surface area contributed by atoms with Gasteiger partial charge in [0.1, 0.15) is 5.82 Å². The zero-order valence-corrected chi connectivity index (χ0v) is 17.3. The van der Waals surface area contributed by atoms with Crippen molar-refractivity contribution in [2.24, 2.45) is 5.92 Å². The maximum absolute atomic E-state index is 12.7. The molecule has 2 N–H and O–H groups in total. The summed E-state index contributed by atoms with van der Waals surface area (Å²) in [4.78, 5) is 29.3. The van der Waals surface area contributed by atoms with Gasteiger partial charge in [-0.1, -0.05) is 23.7 Å². The van der Waals surface area contributed by atoms with Crippen molar-refractivity contribution in [1.82, 2.24) is 9.29 Å². The van der Waals surface area contributed by atoms with Gasteiger partial charge in [-0.05, 0) is 37.1 Å². The normalized spacial score (nSPS) is 15.7. The smallest absolute Gasteiger partial charge is 0.258 e. The fraction of sp³-hybridized carbons (Fsp3) is 0.316. The number of nitrogens with one attached hydrogen (secondary N) is 2. The average molecular weight is 437 g/mol. The van der Waals surface area contributed by atoms with Crippen LogP contribution in [0.2, 0.25) is 5.02 Å². The molecule has 2 heterocycles. The second kappa shape index (κ2) is 8.89. The summed E-state index contributed by atoms with van der Waals surface area (Å²) in [5.41, 5.74) is 0.681. The number of halogens is 1. The standard InChI is InChI=1S/C19H21ClN4O4S/c1-29(27,28)24-10-8-13(9-11-24)18(25)22-16-5-3-2-4-15(16)19(26)23-17-7-6-14(20)12-21-17/h2-7,12-13H,8-11H2,1H3,(H,22,25)(H,21,23,26). The van der Waals surface area contributed by atoms with E-state index < -0.39 is 15.9 Å². The predicted octanol–water partition coefficient (Wildman–Crippen LogP) is 2.60. The molecule has 1 fully saturated rings. The number of benzene rings is 1. The summed E-state index contributed by atoms with van der Waals surface area (Å²) in [6.45, 7) is 0.614. The molecule has 2 aromatic rings. The number of carbonyl (C=O) groups is 2. The maximum atomic E-state index is 12.7. The van der Waals surface area contributed by atoms with Crippen LogP contribution in [0, 0.1) is 5.92 Å². The summed E-state index contributed by atoms with van der Waals surface area (Å²) in [5.74, 6) is -0.624. The average Bonchev–Trinajstić information content (AvgIpc) is 2.69. The number of piperidine rings is 1. The third kappa shape index (κ3) is 5.53. The maximum Gasteiger partial charge on any atom is 0.258 e. The van der Waals surface area contributed by atoms with Crippen LogP contribution in [-0.4, -0.2) is 48.9 Å². The Hall–Kier alpha value is -2.49. The molecular weight excluding hydrogens is 416 g/mol. The Kier molecular flexibility index (Phi) is 6.51. The number of amides is 2. The van der Waals surface area contributed by atoms with Crippen LogP contribution in [0.25, 0.3) is 0 Å². The highest BCUT2D eigenvalue weighted by Crippen LogP contribution is 2.23. The largest absolute Gasteiger partial charge is 0.325 e. The molecule has 154 valence electrons. The van der Waals surface area contributed by atoms with Gasteiger partial charge in [-0.15, -0.1) is 0 Å². The number of anilines is 2. The lowest BCUT2D eigenvalue weighted by molar-refractivity contribution is -0.120. The Morgan fingerprint density at radius 2 is 1.79 bits per heavy atom. The molecule has 1 aliphatic rings. The lowest BCUT2D eigenvalue weighted by Gasteiger charge is -2.29. The fourth-order valence-corrected chi connectivity index (χ4v) is 4.09. The molecule has 0 unspecified atom stereocenters. The molecule has 3 rings (SSSR count). The Labute approximate surface area is 174 Å². The highest BCUT2D eigenvalue weighted by Gasteiger charge is 2.29. The summed E-state index contributed by atoms with van der Waals surface area (Å²) in [6.07, 6.45) is 3.45. The number of rotatable bonds is 5. The molecule has 1 aromatic heterocycles. The van der Waals surface area contributed by atoms with Crippen LogP contribution in [0.15, 0.2) is 42.6 Å². The number of para-hydroxylation sites is 1. The van der Waals surface area contributed by atoms with Crippen molar-refractivity contribution in [3.05, 3.63) is 53.2 Å². The second-order valence-corrected chi connectivity index (χ2v) is 9.21. The summed E-state index contributed by atoms with van der Waals surface area (Å²) in [5, 5.41) is 5.92. The number of carbonyl (C=O) groups excluding carboxylic acids is 2. The summed E-state index contributed by atoms with van der Waals surface area (Å²) >= 11 is 5.80. The minimum Gasteiger partial charge on any atom is -0.325 e. The molecule has 1 aromatic carbocycles. The van der Waals surface area contributed by atoms with E-state index in [1.165, 1.54) is 10.5 Å². The Morgan fingerprint density at radius 3 is 2.41 bits per heavy atom. The van der Waals surface area contributed by atoms with Gasteiger partial charge >= 0.3 is 0 Å². The lowest BCUT2D eigenvalue weighted by atomic mass is 9.97. The Balaban J connectivity index is 1.66. The van der Waals surface area contributed by atoms with Crippen molar-refractivity contribution in [2.75, 3.05) is 30.0 Å². The Morgan fingerprint density at radius 1 is 1.10 bits per heavy atom. The number of pyridine rings is 1. The van der Waals surface area contributed by atoms with Crippen molar-refractivity contribution in [3.63, 3.8) is 0 Å². The minimum absolute atomic E-state index is 0.233. The van der Waals surface area contributed by atoms with E-state index in [9.17, 15) is 18.0 Å². The first-order chi connectivity index (χ1) is 13.7. The molecule has 29 heavy (non-hydrogen) atoms. The molecule has 1 saturated heterocycles. The van der Waals surface area contributed by atoms with E-state index in [4.69, 9.17) is 11.6 Å². The van der Waals surface area contributed by atoms with Gasteiger partial charge < -0.3 is 10.6 Å². The highest BCUT2D eigenvalue weighted by atomic mass is 35.5. The molecule has 0 bridgehead atoms. The second-order valence-electron chi connectivity index (χ2n) is 6.79. The van der Waals surface area contributed by atoms with Crippen LogP contribution in [0.4, 0.5) is 11.5 Å². The van der Waals surface area contributed by atoms with E-state index in [0.717, 1.165) is 6.26 Å². The number of aromatic nitrogens is 1. The van der Waals surface area contributed by atoms with Crippen molar-refractivity contribution < 1.29 is 18.0 Å². The molecule has 0 saturated carbocycles. The van der Waals surface area contributed by atoms with Crippen LogP contribution in [0.3, 0.4) is 0 Å². The first-order valence-corrected chi connectivity index (χ1v) is 11.2. The summed E-state index contributed by atoms with van der Waals surface area (Å²) in [7, 11) is -3.25. The van der Waals surface area contributed by atoms with Gasteiger partial charge in [0.2, 0.25) is 15.9 Å². The van der Waals surface area contributed by atoms with E-state index in [2.05, 4.69) is 15.6 Å². The van der Waals surface area contributed by atoms with Crippen LogP contribution in [0.1, 0.15) is 23.2 Å². The number of sulfonamides is 1.